The largest absolute Gasteiger partial charge is 0.466 e. The molecule has 0 spiro atoms. The molecule has 2 aromatic rings. The van der Waals surface area contributed by atoms with Gasteiger partial charge in [-0.2, -0.15) is 0 Å². The first kappa shape index (κ1) is 14.6. The third-order valence-electron chi connectivity index (χ3n) is 3.03. The van der Waals surface area contributed by atoms with E-state index in [0.29, 0.717) is 15.1 Å². The van der Waals surface area contributed by atoms with E-state index in [1.807, 2.05) is 19.9 Å². The summed E-state index contributed by atoms with van der Waals surface area (Å²) in [4.78, 5) is 0. The molecule has 0 amide bonds. The smallest absolute Gasteiger partial charge is 0.129 e. The summed E-state index contributed by atoms with van der Waals surface area (Å²) in [6.07, 6.45) is 0. The van der Waals surface area contributed by atoms with Crippen molar-refractivity contribution in [2.45, 2.75) is 19.9 Å². The number of nitrogens with one attached hydrogen (secondary N) is 1. The van der Waals surface area contributed by atoms with Crippen LogP contribution in [0.15, 0.2) is 27.1 Å². The molecule has 1 heterocycles. The zero-order valence-corrected chi connectivity index (χ0v) is 13.2. The van der Waals surface area contributed by atoms with Crippen molar-refractivity contribution in [3.8, 4) is 0 Å². The van der Waals surface area contributed by atoms with Crippen molar-refractivity contribution in [1.82, 2.24) is 5.32 Å². The van der Waals surface area contributed by atoms with Crippen molar-refractivity contribution in [3.63, 3.8) is 0 Å². The summed E-state index contributed by atoms with van der Waals surface area (Å²) < 4.78 is 20.2. The van der Waals surface area contributed by atoms with Gasteiger partial charge in [0.15, 0.2) is 0 Å². The second-order valence-electron chi connectivity index (χ2n) is 4.38. The topological polar surface area (TPSA) is 25.2 Å². The summed E-state index contributed by atoms with van der Waals surface area (Å²) in [5.41, 5.74) is 1.41. The third-order valence-corrected chi connectivity index (χ3v) is 4.23. The molecule has 1 N–H and O–H groups in total. The van der Waals surface area contributed by atoms with E-state index in [1.165, 1.54) is 6.07 Å². The van der Waals surface area contributed by atoms with Crippen LogP contribution in [0.4, 0.5) is 4.39 Å². The summed E-state index contributed by atoms with van der Waals surface area (Å²) in [6.45, 7) is 3.74. The maximum atomic E-state index is 14.1. The standard InChI is InChI=1S/C14H14BrClFNO/c1-7-4-9(8(2)19-7)14(18-3)10-5-12(16)11(15)6-13(10)17/h4-6,14,18H,1-3H3. The number of hydrogen-bond donors (Lipinski definition) is 1. The van der Waals surface area contributed by atoms with Crippen LogP contribution in [0.25, 0.3) is 0 Å². The van der Waals surface area contributed by atoms with Gasteiger partial charge in [-0.15, -0.1) is 0 Å². The van der Waals surface area contributed by atoms with E-state index in [9.17, 15) is 4.39 Å². The maximum absolute atomic E-state index is 14.1. The molecule has 0 fully saturated rings. The molecule has 0 aliphatic rings. The lowest BCUT2D eigenvalue weighted by Gasteiger charge is -2.17. The Morgan fingerprint density at radius 2 is 1.95 bits per heavy atom. The number of rotatable bonds is 3. The van der Waals surface area contributed by atoms with E-state index < -0.39 is 0 Å². The second kappa shape index (κ2) is 5.65. The molecule has 2 rings (SSSR count). The van der Waals surface area contributed by atoms with Crippen molar-refractivity contribution in [2.75, 3.05) is 7.05 Å². The summed E-state index contributed by atoms with van der Waals surface area (Å²) in [6, 6.07) is 4.63. The zero-order valence-electron chi connectivity index (χ0n) is 10.9. The average molecular weight is 347 g/mol. The molecule has 2 nitrogen and oxygen atoms in total. The molecule has 1 aromatic carbocycles. The van der Waals surface area contributed by atoms with Crippen LogP contribution < -0.4 is 5.32 Å². The van der Waals surface area contributed by atoms with Gasteiger partial charge in [0, 0.05) is 15.6 Å². The SMILES string of the molecule is CNC(c1cc(Cl)c(Br)cc1F)c1cc(C)oc1C. The highest BCUT2D eigenvalue weighted by molar-refractivity contribution is 9.10. The molecule has 1 unspecified atom stereocenters. The highest BCUT2D eigenvalue weighted by atomic mass is 79.9. The van der Waals surface area contributed by atoms with E-state index in [4.69, 9.17) is 16.0 Å². The van der Waals surface area contributed by atoms with Gasteiger partial charge in [0.1, 0.15) is 17.3 Å². The predicted octanol–water partition coefficient (Wildman–Crippen LogP) is 4.76. The maximum Gasteiger partial charge on any atom is 0.129 e. The number of furan rings is 1. The Balaban J connectivity index is 2.54. The third kappa shape index (κ3) is 2.86. The lowest BCUT2D eigenvalue weighted by molar-refractivity contribution is 0.495. The molecule has 0 aliphatic carbocycles. The fourth-order valence-electron chi connectivity index (χ4n) is 2.17. The lowest BCUT2D eigenvalue weighted by atomic mass is 9.98. The van der Waals surface area contributed by atoms with Gasteiger partial charge in [-0.05, 0) is 55.0 Å². The van der Waals surface area contributed by atoms with Crippen molar-refractivity contribution in [1.29, 1.82) is 0 Å². The molecule has 0 aliphatic heterocycles. The van der Waals surface area contributed by atoms with E-state index >= 15 is 0 Å². The Morgan fingerprint density at radius 1 is 1.26 bits per heavy atom. The van der Waals surface area contributed by atoms with Crippen LogP contribution in [0, 0.1) is 19.7 Å². The monoisotopic (exact) mass is 345 g/mol. The Labute approximate surface area is 125 Å². The van der Waals surface area contributed by atoms with Crippen molar-refractivity contribution in [3.05, 3.63) is 56.2 Å². The fraction of sp³-hybridized carbons (Fsp3) is 0.286. The van der Waals surface area contributed by atoms with E-state index in [-0.39, 0.29) is 11.9 Å². The minimum atomic E-state index is -0.311. The first-order valence-corrected chi connectivity index (χ1v) is 6.99. The highest BCUT2D eigenvalue weighted by Crippen LogP contribution is 2.33. The van der Waals surface area contributed by atoms with Gasteiger partial charge in [0.05, 0.1) is 11.1 Å². The van der Waals surface area contributed by atoms with Crippen molar-refractivity contribution in [2.24, 2.45) is 0 Å². The van der Waals surface area contributed by atoms with Gasteiger partial charge in [0.25, 0.3) is 0 Å². The molecule has 0 radical (unpaired) electrons. The van der Waals surface area contributed by atoms with Gasteiger partial charge in [-0.1, -0.05) is 11.6 Å². The molecule has 0 saturated carbocycles. The van der Waals surface area contributed by atoms with Gasteiger partial charge in [0.2, 0.25) is 0 Å². The van der Waals surface area contributed by atoms with Crippen LogP contribution in [0.3, 0.4) is 0 Å². The predicted molar refractivity (Wildman–Crippen MR) is 78.2 cm³/mol. The normalized spacial score (nSPS) is 12.7. The number of benzene rings is 1. The molecular weight excluding hydrogens is 333 g/mol. The Kier molecular flexibility index (Phi) is 4.33. The highest BCUT2D eigenvalue weighted by Gasteiger charge is 2.21. The Bertz CT molecular complexity index is 612. The van der Waals surface area contributed by atoms with Gasteiger partial charge in [-0.25, -0.2) is 4.39 Å². The van der Waals surface area contributed by atoms with Crippen LogP contribution in [-0.4, -0.2) is 7.05 Å². The molecule has 1 atom stereocenters. The van der Waals surface area contributed by atoms with E-state index in [2.05, 4.69) is 21.2 Å². The van der Waals surface area contributed by atoms with Crippen LogP contribution in [0.1, 0.15) is 28.7 Å². The van der Waals surface area contributed by atoms with Gasteiger partial charge < -0.3 is 9.73 Å². The quantitative estimate of drug-likeness (QED) is 0.811. The summed E-state index contributed by atoms with van der Waals surface area (Å²) in [7, 11) is 1.78. The number of halogens is 3. The molecule has 19 heavy (non-hydrogen) atoms. The van der Waals surface area contributed by atoms with E-state index in [1.54, 1.807) is 13.1 Å². The average Bonchev–Trinajstić information content (AvgIpc) is 2.66. The van der Waals surface area contributed by atoms with Crippen LogP contribution in [0.2, 0.25) is 5.02 Å². The summed E-state index contributed by atoms with van der Waals surface area (Å²) in [5, 5.41) is 3.58. The number of aryl methyl sites for hydroxylation is 2. The Morgan fingerprint density at radius 3 is 2.47 bits per heavy atom. The van der Waals surface area contributed by atoms with Crippen LogP contribution in [-0.2, 0) is 0 Å². The van der Waals surface area contributed by atoms with Gasteiger partial charge >= 0.3 is 0 Å². The molecule has 1 aromatic heterocycles. The van der Waals surface area contributed by atoms with Crippen molar-refractivity contribution < 1.29 is 8.81 Å². The molecule has 0 saturated heterocycles. The van der Waals surface area contributed by atoms with Crippen LogP contribution >= 0.6 is 27.5 Å². The van der Waals surface area contributed by atoms with Crippen molar-refractivity contribution >= 4 is 27.5 Å². The zero-order chi connectivity index (χ0) is 14.2. The molecule has 0 bridgehead atoms. The van der Waals surface area contributed by atoms with E-state index in [0.717, 1.165) is 17.1 Å². The molecule has 102 valence electrons. The number of hydrogen-bond acceptors (Lipinski definition) is 2. The lowest BCUT2D eigenvalue weighted by Crippen LogP contribution is -2.19. The second-order valence-corrected chi connectivity index (χ2v) is 5.64. The molecule has 5 heteroatoms. The first-order chi connectivity index (χ1) is 8.93. The summed E-state index contributed by atoms with van der Waals surface area (Å²) >= 11 is 9.27. The first-order valence-electron chi connectivity index (χ1n) is 5.82. The fourth-order valence-corrected chi connectivity index (χ4v) is 2.66. The van der Waals surface area contributed by atoms with Gasteiger partial charge in [-0.3, -0.25) is 0 Å². The molecular formula is C14H14BrClFNO. The summed E-state index contributed by atoms with van der Waals surface area (Å²) in [5.74, 6) is 1.26. The minimum Gasteiger partial charge on any atom is -0.466 e. The Hall–Kier alpha value is -0.840. The minimum absolute atomic E-state index is 0.289. The van der Waals surface area contributed by atoms with Crippen LogP contribution in [0.5, 0.6) is 0 Å².